The second-order valence-corrected chi connectivity index (χ2v) is 5.14. The molecule has 0 saturated heterocycles. The Balaban J connectivity index is 4.43. The van der Waals surface area contributed by atoms with E-state index >= 15 is 0 Å². The normalized spacial score (nSPS) is 13.4. The number of aliphatic imine (C=N–C) groups is 1. The maximum Gasteiger partial charge on any atom is 0.193 e. The molecule has 0 rings (SSSR count). The van der Waals surface area contributed by atoms with Crippen LogP contribution < -0.4 is 5.32 Å². The minimum Gasteiger partial charge on any atom is -0.396 e. The van der Waals surface area contributed by atoms with Gasteiger partial charge in [-0.2, -0.15) is 0 Å². The van der Waals surface area contributed by atoms with Gasteiger partial charge in [-0.3, -0.25) is 4.99 Å². The van der Waals surface area contributed by atoms with Crippen LogP contribution in [0.4, 0.5) is 0 Å². The Morgan fingerprint density at radius 2 is 1.95 bits per heavy atom. The lowest BCUT2D eigenvalue weighted by molar-refractivity contribution is 0.253. The summed E-state index contributed by atoms with van der Waals surface area (Å²) in [6.07, 6.45) is 5.54. The Bertz CT molecular complexity index is 225. The molecule has 0 heterocycles. The van der Waals surface area contributed by atoms with Crippen LogP contribution in [-0.4, -0.2) is 49.3 Å². The molecule has 0 aromatic carbocycles. The molecule has 0 aromatic heterocycles. The minimum atomic E-state index is 0.266. The average molecular weight is 271 g/mol. The number of unbranched alkanes of at least 4 members (excludes halogenated alkanes) is 1. The Labute approximate surface area is 119 Å². The lowest BCUT2D eigenvalue weighted by Crippen LogP contribution is -2.39. The molecule has 1 unspecified atom stereocenters. The van der Waals surface area contributed by atoms with Crippen molar-refractivity contribution in [3.05, 3.63) is 0 Å². The number of hydrogen-bond donors (Lipinski definition) is 2. The fourth-order valence-corrected chi connectivity index (χ4v) is 2.10. The van der Waals surface area contributed by atoms with E-state index in [2.05, 4.69) is 38.0 Å². The maximum atomic E-state index is 9.08. The first kappa shape index (κ1) is 18.2. The van der Waals surface area contributed by atoms with Gasteiger partial charge in [0, 0.05) is 33.3 Å². The fraction of sp³-hybridized carbons (Fsp3) is 0.933. The van der Waals surface area contributed by atoms with Gasteiger partial charge in [0.25, 0.3) is 0 Å². The summed E-state index contributed by atoms with van der Waals surface area (Å²) in [7, 11) is 2.10. The highest BCUT2D eigenvalue weighted by atomic mass is 16.3. The Hall–Kier alpha value is -0.770. The fourth-order valence-electron chi connectivity index (χ4n) is 2.10. The first-order valence-electron chi connectivity index (χ1n) is 7.79. The molecule has 0 spiro atoms. The van der Waals surface area contributed by atoms with Gasteiger partial charge in [0.15, 0.2) is 5.96 Å². The number of aliphatic hydroxyl groups excluding tert-OH is 1. The summed E-state index contributed by atoms with van der Waals surface area (Å²) in [5, 5.41) is 12.4. The zero-order chi connectivity index (χ0) is 14.5. The van der Waals surface area contributed by atoms with E-state index in [1.54, 1.807) is 0 Å². The highest BCUT2D eigenvalue weighted by molar-refractivity contribution is 5.79. The van der Waals surface area contributed by atoms with Crippen LogP contribution >= 0.6 is 0 Å². The van der Waals surface area contributed by atoms with Crippen LogP contribution in [0.2, 0.25) is 0 Å². The van der Waals surface area contributed by atoms with Gasteiger partial charge in [0.1, 0.15) is 0 Å². The molecule has 0 radical (unpaired) electrons. The van der Waals surface area contributed by atoms with E-state index in [4.69, 9.17) is 10.1 Å². The van der Waals surface area contributed by atoms with Crippen LogP contribution in [0.5, 0.6) is 0 Å². The third-order valence-corrected chi connectivity index (χ3v) is 3.28. The van der Waals surface area contributed by atoms with Crippen molar-refractivity contribution in [2.45, 2.75) is 52.9 Å². The summed E-state index contributed by atoms with van der Waals surface area (Å²) in [4.78, 5) is 6.93. The van der Waals surface area contributed by atoms with Crippen LogP contribution in [0, 0.1) is 5.92 Å². The quantitative estimate of drug-likeness (QED) is 0.474. The average Bonchev–Trinajstić information content (AvgIpc) is 2.41. The summed E-state index contributed by atoms with van der Waals surface area (Å²) in [6, 6.07) is 0. The predicted molar refractivity (Wildman–Crippen MR) is 83.6 cm³/mol. The molecular weight excluding hydrogens is 238 g/mol. The Morgan fingerprint density at radius 3 is 2.47 bits per heavy atom. The van der Waals surface area contributed by atoms with Crippen molar-refractivity contribution >= 4 is 5.96 Å². The number of hydrogen-bond acceptors (Lipinski definition) is 2. The van der Waals surface area contributed by atoms with Gasteiger partial charge in [0.2, 0.25) is 0 Å². The van der Waals surface area contributed by atoms with Gasteiger partial charge in [-0.05, 0) is 32.1 Å². The van der Waals surface area contributed by atoms with E-state index < -0.39 is 0 Å². The molecule has 0 aliphatic carbocycles. The van der Waals surface area contributed by atoms with Crippen LogP contribution in [-0.2, 0) is 0 Å². The van der Waals surface area contributed by atoms with E-state index in [0.29, 0.717) is 5.92 Å². The Kier molecular flexibility index (Phi) is 11.8. The van der Waals surface area contributed by atoms with Crippen molar-refractivity contribution in [3.8, 4) is 0 Å². The second kappa shape index (κ2) is 12.3. The summed E-state index contributed by atoms with van der Waals surface area (Å²) in [6.45, 7) is 9.51. The number of rotatable bonds is 10. The van der Waals surface area contributed by atoms with Crippen LogP contribution in [0.1, 0.15) is 52.9 Å². The van der Waals surface area contributed by atoms with Crippen molar-refractivity contribution in [2.24, 2.45) is 10.9 Å². The molecule has 4 heteroatoms. The van der Waals surface area contributed by atoms with Crippen molar-refractivity contribution in [2.75, 3.05) is 33.3 Å². The third-order valence-electron chi connectivity index (χ3n) is 3.28. The highest BCUT2D eigenvalue weighted by Gasteiger charge is 2.09. The molecule has 0 saturated carbocycles. The number of aliphatic hydroxyl groups is 1. The molecule has 0 aromatic rings. The first-order chi connectivity index (χ1) is 9.19. The van der Waals surface area contributed by atoms with Gasteiger partial charge < -0.3 is 15.3 Å². The lowest BCUT2D eigenvalue weighted by Gasteiger charge is -2.22. The van der Waals surface area contributed by atoms with Gasteiger partial charge in [-0.25, -0.2) is 0 Å². The zero-order valence-electron chi connectivity index (χ0n) is 13.3. The van der Waals surface area contributed by atoms with Crippen molar-refractivity contribution in [3.63, 3.8) is 0 Å². The summed E-state index contributed by atoms with van der Waals surface area (Å²) < 4.78 is 0. The molecule has 2 N–H and O–H groups in total. The van der Waals surface area contributed by atoms with E-state index in [1.165, 1.54) is 12.8 Å². The lowest BCUT2D eigenvalue weighted by atomic mass is 10.0. The van der Waals surface area contributed by atoms with Gasteiger partial charge >= 0.3 is 0 Å². The topological polar surface area (TPSA) is 47.9 Å². The first-order valence-corrected chi connectivity index (χ1v) is 7.79. The molecule has 1 atom stereocenters. The molecule has 0 amide bonds. The van der Waals surface area contributed by atoms with Crippen LogP contribution in [0.3, 0.4) is 0 Å². The number of nitrogens with zero attached hydrogens (tertiary/aromatic N) is 2. The van der Waals surface area contributed by atoms with Crippen molar-refractivity contribution in [1.82, 2.24) is 10.2 Å². The van der Waals surface area contributed by atoms with E-state index in [1.807, 2.05) is 0 Å². The molecule has 114 valence electrons. The van der Waals surface area contributed by atoms with E-state index in [-0.39, 0.29) is 6.61 Å². The SMILES string of the molecule is CCCCN(C)C(=NCC(CCC)CCO)NCC. The van der Waals surface area contributed by atoms with Crippen LogP contribution in [0.25, 0.3) is 0 Å². The van der Waals surface area contributed by atoms with Crippen molar-refractivity contribution in [1.29, 1.82) is 0 Å². The maximum absolute atomic E-state index is 9.08. The number of nitrogens with one attached hydrogen (secondary N) is 1. The highest BCUT2D eigenvalue weighted by Crippen LogP contribution is 2.11. The Morgan fingerprint density at radius 1 is 1.21 bits per heavy atom. The van der Waals surface area contributed by atoms with Crippen LogP contribution in [0.15, 0.2) is 4.99 Å². The molecular formula is C15H33N3O. The van der Waals surface area contributed by atoms with E-state index in [9.17, 15) is 0 Å². The summed E-state index contributed by atoms with van der Waals surface area (Å²) in [5.41, 5.74) is 0. The zero-order valence-corrected chi connectivity index (χ0v) is 13.3. The van der Waals surface area contributed by atoms with E-state index in [0.717, 1.165) is 44.9 Å². The predicted octanol–water partition coefficient (Wildman–Crippen LogP) is 2.48. The minimum absolute atomic E-state index is 0.266. The largest absolute Gasteiger partial charge is 0.396 e. The molecule has 0 bridgehead atoms. The standard InChI is InChI=1S/C15H33N3O/c1-5-8-11-18(4)15(16-7-3)17-13-14(9-6-2)10-12-19/h14,19H,5-13H2,1-4H3,(H,16,17). The molecule has 0 fully saturated rings. The summed E-state index contributed by atoms with van der Waals surface area (Å²) >= 11 is 0. The molecule has 4 nitrogen and oxygen atoms in total. The molecule has 0 aliphatic rings. The summed E-state index contributed by atoms with van der Waals surface area (Å²) in [5.74, 6) is 1.50. The molecule has 0 aliphatic heterocycles. The third kappa shape index (κ3) is 8.87. The monoisotopic (exact) mass is 271 g/mol. The second-order valence-electron chi connectivity index (χ2n) is 5.14. The molecule has 19 heavy (non-hydrogen) atoms. The van der Waals surface area contributed by atoms with Crippen molar-refractivity contribution < 1.29 is 5.11 Å². The smallest absolute Gasteiger partial charge is 0.193 e. The van der Waals surface area contributed by atoms with Gasteiger partial charge in [-0.15, -0.1) is 0 Å². The number of guanidine groups is 1. The van der Waals surface area contributed by atoms with Gasteiger partial charge in [-0.1, -0.05) is 26.7 Å². The van der Waals surface area contributed by atoms with Gasteiger partial charge in [0.05, 0.1) is 0 Å².